The van der Waals surface area contributed by atoms with Crippen LogP contribution in [0.25, 0.3) is 10.9 Å². The Morgan fingerprint density at radius 3 is 2.83 bits per heavy atom. The zero-order valence-electron chi connectivity index (χ0n) is 10.3. The predicted molar refractivity (Wildman–Crippen MR) is 77.1 cm³/mol. The Kier molecular flexibility index (Phi) is 3.41. The molecule has 0 amide bonds. The van der Waals surface area contributed by atoms with E-state index >= 15 is 0 Å². The normalized spacial score (nSPS) is 17.1. The molecule has 0 saturated heterocycles. The fourth-order valence-corrected chi connectivity index (χ4v) is 3.72. The largest absolute Gasteiger partial charge is 0.361 e. The molecule has 1 fully saturated rings. The van der Waals surface area contributed by atoms with E-state index in [1.54, 1.807) is 0 Å². The van der Waals surface area contributed by atoms with Gasteiger partial charge in [0.25, 0.3) is 0 Å². The maximum atomic E-state index is 12.2. The first-order valence-corrected chi connectivity index (χ1v) is 7.49. The van der Waals surface area contributed by atoms with Gasteiger partial charge >= 0.3 is 0 Å². The van der Waals surface area contributed by atoms with Crippen LogP contribution in [0.5, 0.6) is 0 Å². The van der Waals surface area contributed by atoms with Crippen molar-refractivity contribution < 1.29 is 4.79 Å². The van der Waals surface area contributed by atoms with Crippen molar-refractivity contribution in [1.82, 2.24) is 4.98 Å². The van der Waals surface area contributed by atoms with Crippen LogP contribution in [0.3, 0.4) is 0 Å². The summed E-state index contributed by atoms with van der Waals surface area (Å²) in [5, 5.41) is 1.88. The molecule has 0 aliphatic heterocycles. The summed E-state index contributed by atoms with van der Waals surface area (Å²) >= 11 is 1.54. The summed E-state index contributed by atoms with van der Waals surface area (Å²) in [6, 6.07) is 7.92. The molecule has 0 spiro atoms. The van der Waals surface area contributed by atoms with Gasteiger partial charge in [-0.2, -0.15) is 0 Å². The summed E-state index contributed by atoms with van der Waals surface area (Å²) in [4.78, 5) is 15.4. The molecule has 18 heavy (non-hydrogen) atoms. The maximum Gasteiger partial charge on any atom is 0.219 e. The van der Waals surface area contributed by atoms with Crippen molar-refractivity contribution in [2.45, 2.75) is 37.4 Å². The lowest BCUT2D eigenvalue weighted by atomic mass is 10.0. The molecule has 3 rings (SSSR count). The zero-order valence-corrected chi connectivity index (χ0v) is 11.1. The fourth-order valence-electron chi connectivity index (χ4n) is 2.58. The lowest BCUT2D eigenvalue weighted by molar-refractivity contribution is 0.108. The van der Waals surface area contributed by atoms with Crippen LogP contribution in [-0.4, -0.2) is 15.3 Å². The van der Waals surface area contributed by atoms with Gasteiger partial charge in [0.2, 0.25) is 5.12 Å². The molecule has 0 atom stereocenters. The Morgan fingerprint density at radius 1 is 1.17 bits per heavy atom. The maximum absolute atomic E-state index is 12.2. The smallest absolute Gasteiger partial charge is 0.219 e. The molecular weight excluding hydrogens is 242 g/mol. The van der Waals surface area contributed by atoms with Gasteiger partial charge in [0, 0.05) is 27.9 Å². The zero-order chi connectivity index (χ0) is 12.4. The molecule has 1 saturated carbocycles. The number of thioether (sulfide) groups is 1. The van der Waals surface area contributed by atoms with Gasteiger partial charge in [-0.25, -0.2) is 0 Å². The number of nitrogens with one attached hydrogen (secondary N) is 1. The van der Waals surface area contributed by atoms with Crippen LogP contribution in [0.1, 0.15) is 42.5 Å². The van der Waals surface area contributed by atoms with Gasteiger partial charge in [-0.1, -0.05) is 31.0 Å². The molecule has 1 aromatic heterocycles. The molecule has 1 aromatic carbocycles. The molecule has 2 nitrogen and oxygen atoms in total. The number of carbonyl (C=O) groups is 1. The first-order chi connectivity index (χ1) is 8.83. The Hall–Kier alpha value is -1.22. The molecule has 1 N–H and O–H groups in total. The first kappa shape index (κ1) is 11.8. The minimum absolute atomic E-state index is 0.227. The number of fused-ring (bicyclic) bond motifs is 1. The highest BCUT2D eigenvalue weighted by Gasteiger charge is 2.18. The number of rotatable bonds is 2. The van der Waals surface area contributed by atoms with Crippen LogP contribution in [0.15, 0.2) is 30.5 Å². The Morgan fingerprint density at radius 2 is 2.00 bits per heavy atom. The van der Waals surface area contributed by atoms with E-state index in [4.69, 9.17) is 0 Å². The lowest BCUT2D eigenvalue weighted by Crippen LogP contribution is -2.11. The van der Waals surface area contributed by atoms with Crippen molar-refractivity contribution in [1.29, 1.82) is 0 Å². The minimum Gasteiger partial charge on any atom is -0.361 e. The second kappa shape index (κ2) is 5.19. The van der Waals surface area contributed by atoms with E-state index in [0.29, 0.717) is 5.25 Å². The average Bonchev–Trinajstić information content (AvgIpc) is 2.87. The topological polar surface area (TPSA) is 32.9 Å². The van der Waals surface area contributed by atoms with Crippen LogP contribution in [-0.2, 0) is 0 Å². The Labute approximate surface area is 111 Å². The summed E-state index contributed by atoms with van der Waals surface area (Å²) < 4.78 is 0. The van der Waals surface area contributed by atoms with Crippen molar-refractivity contribution in [3.05, 3.63) is 36.0 Å². The lowest BCUT2D eigenvalue weighted by Gasteiger charge is -2.19. The number of hydrogen-bond acceptors (Lipinski definition) is 2. The summed E-state index contributed by atoms with van der Waals surface area (Å²) in [5.41, 5.74) is 1.92. The van der Waals surface area contributed by atoms with Gasteiger partial charge in [-0.3, -0.25) is 4.79 Å². The minimum atomic E-state index is 0.227. The third kappa shape index (κ3) is 2.46. The molecule has 0 bridgehead atoms. The quantitative estimate of drug-likeness (QED) is 0.868. The number of H-pyrrole nitrogens is 1. The van der Waals surface area contributed by atoms with Crippen LogP contribution in [0.2, 0.25) is 0 Å². The van der Waals surface area contributed by atoms with Crippen molar-refractivity contribution >= 4 is 27.8 Å². The van der Waals surface area contributed by atoms with Gasteiger partial charge in [0.1, 0.15) is 0 Å². The Bertz CT molecular complexity index is 554. The summed E-state index contributed by atoms with van der Waals surface area (Å²) in [7, 11) is 0. The first-order valence-electron chi connectivity index (χ1n) is 6.61. The van der Waals surface area contributed by atoms with Crippen molar-refractivity contribution in [3.8, 4) is 0 Å². The summed E-state index contributed by atoms with van der Waals surface area (Å²) in [6.45, 7) is 0. The van der Waals surface area contributed by atoms with Gasteiger partial charge in [0.15, 0.2) is 0 Å². The van der Waals surface area contributed by atoms with E-state index in [1.807, 2.05) is 30.5 Å². The summed E-state index contributed by atoms with van der Waals surface area (Å²) in [5.74, 6) is 0. The van der Waals surface area contributed by atoms with E-state index in [1.165, 1.54) is 43.9 Å². The molecule has 1 aliphatic carbocycles. The second-order valence-corrected chi connectivity index (χ2v) is 6.22. The standard InChI is InChI=1S/C15H17NOS/c17-15(18-13-4-2-1-3-5-13)12-6-7-14-11(10-12)8-9-16-14/h6-10,13,16H,1-5H2. The van der Waals surface area contributed by atoms with Gasteiger partial charge in [-0.15, -0.1) is 0 Å². The molecule has 0 unspecified atom stereocenters. The van der Waals surface area contributed by atoms with Crippen LogP contribution < -0.4 is 0 Å². The van der Waals surface area contributed by atoms with Crippen molar-refractivity contribution in [2.75, 3.05) is 0 Å². The number of hydrogen-bond donors (Lipinski definition) is 1. The average molecular weight is 259 g/mol. The highest BCUT2D eigenvalue weighted by molar-refractivity contribution is 8.14. The van der Waals surface area contributed by atoms with E-state index < -0.39 is 0 Å². The van der Waals surface area contributed by atoms with Crippen LogP contribution >= 0.6 is 11.8 Å². The second-order valence-electron chi connectivity index (χ2n) is 4.95. The third-order valence-electron chi connectivity index (χ3n) is 3.61. The predicted octanol–water partition coefficient (Wildman–Crippen LogP) is 4.37. The van der Waals surface area contributed by atoms with E-state index in [0.717, 1.165) is 16.5 Å². The van der Waals surface area contributed by atoms with Gasteiger partial charge in [-0.05, 0) is 37.1 Å². The highest BCUT2D eigenvalue weighted by atomic mass is 32.2. The molecule has 2 aromatic rings. The molecule has 0 radical (unpaired) electrons. The number of benzene rings is 1. The monoisotopic (exact) mass is 259 g/mol. The molecule has 1 aliphatic rings. The van der Waals surface area contributed by atoms with E-state index in [2.05, 4.69) is 4.98 Å². The van der Waals surface area contributed by atoms with Crippen LogP contribution in [0, 0.1) is 0 Å². The SMILES string of the molecule is O=C(SC1CCCCC1)c1ccc2[nH]ccc2c1. The van der Waals surface area contributed by atoms with Gasteiger partial charge < -0.3 is 4.98 Å². The molecule has 1 heterocycles. The molecule has 94 valence electrons. The van der Waals surface area contributed by atoms with Crippen molar-refractivity contribution in [3.63, 3.8) is 0 Å². The summed E-state index contributed by atoms with van der Waals surface area (Å²) in [6.07, 6.45) is 8.20. The Balaban J connectivity index is 1.74. The fraction of sp³-hybridized carbons (Fsp3) is 0.400. The van der Waals surface area contributed by atoms with Gasteiger partial charge in [0.05, 0.1) is 0 Å². The number of carbonyl (C=O) groups excluding carboxylic acids is 1. The third-order valence-corrected chi connectivity index (χ3v) is 4.87. The van der Waals surface area contributed by atoms with E-state index in [-0.39, 0.29) is 5.12 Å². The number of aromatic nitrogens is 1. The highest BCUT2D eigenvalue weighted by Crippen LogP contribution is 2.31. The van der Waals surface area contributed by atoms with E-state index in [9.17, 15) is 4.79 Å². The van der Waals surface area contributed by atoms with Crippen molar-refractivity contribution in [2.24, 2.45) is 0 Å². The molecular formula is C15H17NOS. The number of aromatic amines is 1. The molecule has 3 heteroatoms. The van der Waals surface area contributed by atoms with Crippen LogP contribution in [0.4, 0.5) is 0 Å².